The minimum atomic E-state index is -0.683. The lowest BCUT2D eigenvalue weighted by atomic mass is 10.1. The van der Waals surface area contributed by atoms with Crippen molar-refractivity contribution < 1.29 is 9.63 Å². The van der Waals surface area contributed by atoms with Crippen LogP contribution in [-0.2, 0) is 0 Å². The second-order valence-corrected chi connectivity index (χ2v) is 4.52. The summed E-state index contributed by atoms with van der Waals surface area (Å²) in [7, 11) is 0. The number of aliphatic hydroxyl groups is 1. The van der Waals surface area contributed by atoms with E-state index in [0.29, 0.717) is 11.7 Å². The first-order chi connectivity index (χ1) is 7.74. The van der Waals surface area contributed by atoms with E-state index in [1.54, 1.807) is 6.92 Å². The highest BCUT2D eigenvalue weighted by Gasteiger charge is 2.35. The predicted octanol–water partition coefficient (Wildman–Crippen LogP) is -0.205. The van der Waals surface area contributed by atoms with Crippen molar-refractivity contribution in [1.82, 2.24) is 19.9 Å². The Balaban J connectivity index is 1.81. The molecule has 0 amide bonds. The molecule has 6 heteroatoms. The second-order valence-electron chi connectivity index (χ2n) is 4.52. The maximum absolute atomic E-state index is 9.35. The van der Waals surface area contributed by atoms with E-state index < -0.39 is 6.10 Å². The fraction of sp³-hybridized carbons (Fsp3) is 0.800. The van der Waals surface area contributed by atoms with Crippen molar-refractivity contribution in [2.24, 2.45) is 0 Å². The largest absolute Gasteiger partial charge is 0.384 e. The van der Waals surface area contributed by atoms with Crippen LogP contribution in [-0.4, -0.2) is 57.8 Å². The highest BCUT2D eigenvalue weighted by Crippen LogP contribution is 2.27. The molecule has 0 saturated carbocycles. The van der Waals surface area contributed by atoms with Gasteiger partial charge in [-0.3, -0.25) is 9.80 Å². The average Bonchev–Trinajstić information content (AvgIpc) is 2.80. The molecule has 4 rings (SSSR count). The molecule has 3 fully saturated rings. The third-order valence-corrected chi connectivity index (χ3v) is 3.39. The van der Waals surface area contributed by atoms with Crippen LogP contribution < -0.4 is 0 Å². The Bertz CT molecular complexity index is 371. The molecule has 2 unspecified atom stereocenters. The first-order valence-electron chi connectivity index (χ1n) is 5.72. The molecule has 1 N–H and O–H groups in total. The smallest absolute Gasteiger partial charge is 0.255 e. The lowest BCUT2D eigenvalue weighted by Gasteiger charge is -2.46. The van der Waals surface area contributed by atoms with E-state index in [0.717, 1.165) is 32.7 Å². The molecule has 16 heavy (non-hydrogen) atoms. The van der Waals surface area contributed by atoms with Crippen LogP contribution in [0.5, 0.6) is 0 Å². The Morgan fingerprint density at radius 2 is 2.12 bits per heavy atom. The van der Waals surface area contributed by atoms with E-state index in [2.05, 4.69) is 19.9 Å². The highest BCUT2D eigenvalue weighted by molar-refractivity contribution is 5.02. The average molecular weight is 224 g/mol. The molecule has 0 radical (unpaired) electrons. The summed E-state index contributed by atoms with van der Waals surface area (Å²) in [4.78, 5) is 9.06. The number of fused-ring (bicyclic) bond motifs is 3. The van der Waals surface area contributed by atoms with Crippen molar-refractivity contribution in [3.8, 4) is 0 Å². The van der Waals surface area contributed by atoms with Gasteiger partial charge in [0.05, 0.1) is 6.04 Å². The zero-order chi connectivity index (χ0) is 11.1. The van der Waals surface area contributed by atoms with Crippen LogP contribution in [0.3, 0.4) is 0 Å². The van der Waals surface area contributed by atoms with Crippen molar-refractivity contribution in [2.45, 2.75) is 19.1 Å². The fourth-order valence-corrected chi connectivity index (χ4v) is 2.41. The van der Waals surface area contributed by atoms with Gasteiger partial charge < -0.3 is 9.63 Å². The molecule has 4 heterocycles. The zero-order valence-corrected chi connectivity index (χ0v) is 9.33. The summed E-state index contributed by atoms with van der Waals surface area (Å²) in [5.41, 5.74) is 0. The number of aromatic nitrogens is 2. The monoisotopic (exact) mass is 224 g/mol. The third-order valence-electron chi connectivity index (χ3n) is 3.39. The number of nitrogens with zero attached hydrogens (tertiary/aromatic N) is 4. The van der Waals surface area contributed by atoms with Gasteiger partial charge in [-0.25, -0.2) is 0 Å². The second kappa shape index (κ2) is 3.80. The molecule has 3 aliphatic heterocycles. The van der Waals surface area contributed by atoms with Crippen LogP contribution >= 0.6 is 0 Å². The molecule has 6 nitrogen and oxygen atoms in total. The number of hydrogen-bond donors (Lipinski definition) is 1. The van der Waals surface area contributed by atoms with Crippen molar-refractivity contribution in [1.29, 1.82) is 0 Å². The third kappa shape index (κ3) is 1.63. The predicted molar refractivity (Wildman–Crippen MR) is 55.7 cm³/mol. The van der Waals surface area contributed by atoms with Gasteiger partial charge in [-0.05, 0) is 6.92 Å². The number of aliphatic hydroxyl groups excluding tert-OH is 1. The van der Waals surface area contributed by atoms with Crippen LogP contribution in [0.2, 0.25) is 0 Å². The molecule has 2 atom stereocenters. The van der Waals surface area contributed by atoms with Gasteiger partial charge in [0.25, 0.3) is 5.89 Å². The Morgan fingerprint density at radius 1 is 1.38 bits per heavy atom. The van der Waals surface area contributed by atoms with Gasteiger partial charge in [-0.2, -0.15) is 4.98 Å². The lowest BCUT2D eigenvalue weighted by Crippen LogP contribution is -2.57. The number of piperazine rings is 3. The van der Waals surface area contributed by atoms with Crippen molar-refractivity contribution in [3.63, 3.8) is 0 Å². The molecule has 1 aromatic heterocycles. The molecule has 3 aliphatic rings. The van der Waals surface area contributed by atoms with Crippen molar-refractivity contribution >= 4 is 0 Å². The minimum absolute atomic E-state index is 0.235. The van der Waals surface area contributed by atoms with E-state index in [4.69, 9.17) is 4.52 Å². The summed E-state index contributed by atoms with van der Waals surface area (Å²) in [5.74, 6) is 1.02. The molecular weight excluding hydrogens is 208 g/mol. The quantitative estimate of drug-likeness (QED) is 0.750. The Labute approximate surface area is 93.8 Å². The summed E-state index contributed by atoms with van der Waals surface area (Å²) in [6.45, 7) is 7.02. The van der Waals surface area contributed by atoms with Crippen LogP contribution in [0.4, 0.5) is 0 Å². The Kier molecular flexibility index (Phi) is 2.42. The lowest BCUT2D eigenvalue weighted by molar-refractivity contribution is 0.00780. The van der Waals surface area contributed by atoms with Gasteiger partial charge in [-0.15, -0.1) is 0 Å². The molecule has 0 aliphatic carbocycles. The van der Waals surface area contributed by atoms with E-state index >= 15 is 0 Å². The molecule has 3 saturated heterocycles. The van der Waals surface area contributed by atoms with Gasteiger partial charge in [-0.1, -0.05) is 5.16 Å². The highest BCUT2D eigenvalue weighted by atomic mass is 16.5. The van der Waals surface area contributed by atoms with E-state index in [1.165, 1.54) is 0 Å². The Hall–Kier alpha value is -0.980. The first kappa shape index (κ1) is 10.2. The molecule has 1 aromatic rings. The maximum atomic E-state index is 9.35. The van der Waals surface area contributed by atoms with Gasteiger partial charge in [0, 0.05) is 32.7 Å². The van der Waals surface area contributed by atoms with Gasteiger partial charge >= 0.3 is 0 Å². The van der Waals surface area contributed by atoms with Crippen LogP contribution in [0, 0.1) is 0 Å². The van der Waals surface area contributed by atoms with Crippen LogP contribution in [0.1, 0.15) is 30.8 Å². The SMILES string of the molecule is CC(O)c1nc(C2CN3CCN2CC3)no1. The molecular formula is C10H16N4O2. The Morgan fingerprint density at radius 3 is 2.62 bits per heavy atom. The van der Waals surface area contributed by atoms with Crippen molar-refractivity contribution in [3.05, 3.63) is 11.7 Å². The summed E-state index contributed by atoms with van der Waals surface area (Å²) in [6, 6.07) is 0.235. The molecule has 0 aromatic carbocycles. The summed E-state index contributed by atoms with van der Waals surface area (Å²) in [5, 5.41) is 13.3. The summed E-state index contributed by atoms with van der Waals surface area (Å²) >= 11 is 0. The van der Waals surface area contributed by atoms with Gasteiger partial charge in [0.1, 0.15) is 6.10 Å². The topological polar surface area (TPSA) is 65.6 Å². The molecule has 2 bridgehead atoms. The number of hydrogen-bond acceptors (Lipinski definition) is 6. The zero-order valence-electron chi connectivity index (χ0n) is 9.33. The van der Waals surface area contributed by atoms with Gasteiger partial charge in [0.2, 0.25) is 0 Å². The van der Waals surface area contributed by atoms with Gasteiger partial charge in [0.15, 0.2) is 5.82 Å². The normalized spacial score (nSPS) is 35.2. The van der Waals surface area contributed by atoms with E-state index in [1.807, 2.05) is 0 Å². The van der Waals surface area contributed by atoms with E-state index in [-0.39, 0.29) is 6.04 Å². The number of rotatable bonds is 2. The summed E-state index contributed by atoms with van der Waals surface area (Å²) < 4.78 is 5.03. The minimum Gasteiger partial charge on any atom is -0.384 e. The van der Waals surface area contributed by atoms with Crippen LogP contribution in [0.15, 0.2) is 4.52 Å². The standard InChI is InChI=1S/C10H16N4O2/c1-7(15)10-11-9(12-16-10)8-6-13-2-4-14(8)5-3-13/h7-8,15H,2-6H2,1H3. The van der Waals surface area contributed by atoms with Crippen LogP contribution in [0.25, 0.3) is 0 Å². The molecule has 88 valence electrons. The molecule has 0 spiro atoms. The maximum Gasteiger partial charge on any atom is 0.255 e. The van der Waals surface area contributed by atoms with E-state index in [9.17, 15) is 5.11 Å². The van der Waals surface area contributed by atoms with Crippen molar-refractivity contribution in [2.75, 3.05) is 32.7 Å². The fourth-order valence-electron chi connectivity index (χ4n) is 2.41. The summed E-state index contributed by atoms with van der Waals surface area (Å²) in [6.07, 6.45) is -0.683. The first-order valence-corrected chi connectivity index (χ1v) is 5.72.